The Kier molecular flexibility index (Phi) is 6.28. The monoisotopic (exact) mass is 470 g/mol. The highest BCUT2D eigenvalue weighted by Crippen LogP contribution is 2.28. The Morgan fingerprint density at radius 2 is 1.66 bits per heavy atom. The van der Waals surface area contributed by atoms with E-state index in [0.717, 1.165) is 28.9 Å². The lowest BCUT2D eigenvalue weighted by atomic mass is 10.1. The molecular weight excluding hydrogens is 448 g/mol. The summed E-state index contributed by atoms with van der Waals surface area (Å²) in [5.74, 6) is 0.737. The molecule has 3 aromatic rings. The maximum atomic E-state index is 13.2. The number of hydrogen-bond donors (Lipinski definition) is 0. The van der Waals surface area contributed by atoms with Gasteiger partial charge in [-0.3, -0.25) is 4.79 Å². The molecule has 0 unspecified atom stereocenters. The van der Waals surface area contributed by atoms with Crippen molar-refractivity contribution in [2.24, 2.45) is 0 Å². The molecule has 1 amide bonds. The van der Waals surface area contributed by atoms with Crippen LogP contribution in [0.1, 0.15) is 24.1 Å². The average molecular weight is 471 g/mol. The standard InChI is InChI=1S/C23H22N4O3S.ClH/c28-22-7-4-13-27(22)19-8-10-20(11-9-19)31(29,30)26-14-12-21-18(16-26)15-24-23(25-21)17-5-2-1-3-6-17;/h1-3,5-6,8-11,15H,4,7,12-14,16H2;1H. The zero-order valence-electron chi connectivity index (χ0n) is 17.3. The summed E-state index contributed by atoms with van der Waals surface area (Å²) in [6.07, 6.45) is 3.65. The number of sulfonamides is 1. The first-order valence-corrected chi connectivity index (χ1v) is 11.8. The first-order chi connectivity index (χ1) is 15.0. The van der Waals surface area contributed by atoms with Gasteiger partial charge in [-0.2, -0.15) is 4.31 Å². The summed E-state index contributed by atoms with van der Waals surface area (Å²) < 4.78 is 27.8. The largest absolute Gasteiger partial charge is 0.312 e. The first kappa shape index (κ1) is 22.4. The molecular formula is C23H23ClN4O3S. The van der Waals surface area contributed by atoms with Crippen molar-refractivity contribution >= 4 is 34.0 Å². The molecule has 0 saturated carbocycles. The van der Waals surface area contributed by atoms with Crippen LogP contribution in [0.15, 0.2) is 65.7 Å². The Morgan fingerprint density at radius 3 is 2.34 bits per heavy atom. The number of halogens is 1. The molecule has 1 fully saturated rings. The van der Waals surface area contributed by atoms with Gasteiger partial charge in [-0.25, -0.2) is 18.4 Å². The van der Waals surface area contributed by atoms with Gasteiger partial charge in [-0.1, -0.05) is 30.3 Å². The van der Waals surface area contributed by atoms with Gasteiger partial charge >= 0.3 is 0 Å². The molecule has 166 valence electrons. The molecule has 9 heteroatoms. The number of benzene rings is 2. The van der Waals surface area contributed by atoms with E-state index in [9.17, 15) is 13.2 Å². The molecule has 5 rings (SSSR count). The van der Waals surface area contributed by atoms with E-state index in [2.05, 4.69) is 9.97 Å². The van der Waals surface area contributed by atoms with Gasteiger partial charge in [0.05, 0.1) is 10.6 Å². The lowest BCUT2D eigenvalue weighted by Gasteiger charge is -2.27. The van der Waals surface area contributed by atoms with E-state index in [1.807, 2.05) is 30.3 Å². The van der Waals surface area contributed by atoms with Crippen LogP contribution < -0.4 is 4.90 Å². The third-order valence-electron chi connectivity index (χ3n) is 5.79. The summed E-state index contributed by atoms with van der Waals surface area (Å²) in [7, 11) is -3.65. The second-order valence-electron chi connectivity index (χ2n) is 7.76. The van der Waals surface area contributed by atoms with Gasteiger partial charge in [0.2, 0.25) is 15.9 Å². The molecule has 1 aromatic heterocycles. The van der Waals surface area contributed by atoms with Crippen molar-refractivity contribution < 1.29 is 13.2 Å². The summed E-state index contributed by atoms with van der Waals surface area (Å²) in [5.41, 5.74) is 3.40. The third-order valence-corrected chi connectivity index (χ3v) is 7.65. The van der Waals surface area contributed by atoms with E-state index in [1.54, 1.807) is 35.4 Å². The Balaban J connectivity index is 0.00000245. The van der Waals surface area contributed by atoms with Gasteiger partial charge in [-0.15, -0.1) is 12.4 Å². The van der Waals surface area contributed by atoms with E-state index < -0.39 is 10.0 Å². The van der Waals surface area contributed by atoms with Crippen molar-refractivity contribution in [3.8, 4) is 11.4 Å². The normalized spacial score (nSPS) is 16.5. The second kappa shape index (κ2) is 8.97. The van der Waals surface area contributed by atoms with Gasteiger partial charge in [0, 0.05) is 55.5 Å². The van der Waals surface area contributed by atoms with Crippen LogP contribution in [0.3, 0.4) is 0 Å². The zero-order chi connectivity index (χ0) is 21.4. The Morgan fingerprint density at radius 1 is 0.906 bits per heavy atom. The number of rotatable bonds is 4. The van der Waals surface area contributed by atoms with Gasteiger partial charge in [0.1, 0.15) is 0 Å². The molecule has 2 aromatic carbocycles. The van der Waals surface area contributed by atoms with Crippen molar-refractivity contribution in [1.29, 1.82) is 0 Å². The van der Waals surface area contributed by atoms with Crippen molar-refractivity contribution in [1.82, 2.24) is 14.3 Å². The molecule has 0 bridgehead atoms. The lowest BCUT2D eigenvalue weighted by Crippen LogP contribution is -2.36. The molecule has 2 aliphatic rings. The van der Waals surface area contributed by atoms with Gasteiger partial charge in [0.25, 0.3) is 0 Å². The predicted molar refractivity (Wildman–Crippen MR) is 124 cm³/mol. The van der Waals surface area contributed by atoms with Crippen LogP contribution in [0.2, 0.25) is 0 Å². The van der Waals surface area contributed by atoms with E-state index >= 15 is 0 Å². The fourth-order valence-electron chi connectivity index (χ4n) is 4.09. The molecule has 0 aliphatic carbocycles. The summed E-state index contributed by atoms with van der Waals surface area (Å²) in [6.45, 7) is 1.30. The molecule has 7 nitrogen and oxygen atoms in total. The molecule has 2 aliphatic heterocycles. The maximum absolute atomic E-state index is 13.2. The van der Waals surface area contributed by atoms with Crippen LogP contribution in [0.4, 0.5) is 5.69 Å². The average Bonchev–Trinajstić information content (AvgIpc) is 3.25. The SMILES string of the molecule is Cl.O=C1CCCN1c1ccc(S(=O)(=O)N2CCc3nc(-c4ccccc4)ncc3C2)cc1. The van der Waals surface area contributed by atoms with Gasteiger partial charge in [-0.05, 0) is 30.7 Å². The van der Waals surface area contributed by atoms with Crippen LogP contribution in [0, 0.1) is 0 Å². The topological polar surface area (TPSA) is 83.5 Å². The van der Waals surface area contributed by atoms with Crippen molar-refractivity contribution in [3.63, 3.8) is 0 Å². The lowest BCUT2D eigenvalue weighted by molar-refractivity contribution is -0.117. The van der Waals surface area contributed by atoms with E-state index in [-0.39, 0.29) is 29.8 Å². The van der Waals surface area contributed by atoms with Crippen LogP contribution in [-0.2, 0) is 27.8 Å². The number of nitrogens with zero attached hydrogens (tertiary/aromatic N) is 4. The number of hydrogen-bond acceptors (Lipinski definition) is 5. The predicted octanol–water partition coefficient (Wildman–Crippen LogP) is 3.44. The molecule has 0 radical (unpaired) electrons. The fraction of sp³-hybridized carbons (Fsp3) is 0.261. The molecule has 0 spiro atoms. The summed E-state index contributed by atoms with van der Waals surface area (Å²) in [4.78, 5) is 23.0. The summed E-state index contributed by atoms with van der Waals surface area (Å²) in [5, 5.41) is 0. The van der Waals surface area contributed by atoms with E-state index in [0.29, 0.717) is 31.8 Å². The number of anilines is 1. The van der Waals surface area contributed by atoms with Gasteiger partial charge < -0.3 is 4.90 Å². The van der Waals surface area contributed by atoms with Crippen molar-refractivity contribution in [2.45, 2.75) is 30.7 Å². The van der Waals surface area contributed by atoms with Crippen molar-refractivity contribution in [2.75, 3.05) is 18.0 Å². The third kappa shape index (κ3) is 4.13. The Labute approximate surface area is 193 Å². The van der Waals surface area contributed by atoms with Crippen LogP contribution in [0.25, 0.3) is 11.4 Å². The quantitative estimate of drug-likeness (QED) is 0.583. The molecule has 0 atom stereocenters. The van der Waals surface area contributed by atoms with Gasteiger partial charge in [0.15, 0.2) is 5.82 Å². The Bertz CT molecular complexity index is 1230. The number of fused-ring (bicyclic) bond motifs is 1. The highest BCUT2D eigenvalue weighted by molar-refractivity contribution is 7.89. The Hall–Kier alpha value is -2.81. The zero-order valence-corrected chi connectivity index (χ0v) is 19.0. The first-order valence-electron chi connectivity index (χ1n) is 10.3. The smallest absolute Gasteiger partial charge is 0.243 e. The van der Waals surface area contributed by atoms with E-state index in [4.69, 9.17) is 0 Å². The minimum absolute atomic E-state index is 0. The highest BCUT2D eigenvalue weighted by Gasteiger charge is 2.30. The fourth-order valence-corrected chi connectivity index (χ4v) is 5.51. The van der Waals surface area contributed by atoms with Crippen LogP contribution >= 0.6 is 12.4 Å². The number of carbonyl (C=O) groups excluding carboxylic acids is 1. The minimum Gasteiger partial charge on any atom is -0.312 e. The summed E-state index contributed by atoms with van der Waals surface area (Å²) >= 11 is 0. The molecule has 32 heavy (non-hydrogen) atoms. The minimum atomic E-state index is -3.65. The molecule has 1 saturated heterocycles. The van der Waals surface area contributed by atoms with Crippen molar-refractivity contribution in [3.05, 3.63) is 72.1 Å². The number of carbonyl (C=O) groups is 1. The summed E-state index contributed by atoms with van der Waals surface area (Å²) in [6, 6.07) is 16.3. The second-order valence-corrected chi connectivity index (χ2v) is 9.70. The highest BCUT2D eigenvalue weighted by atomic mass is 35.5. The molecule has 0 N–H and O–H groups in total. The number of aromatic nitrogens is 2. The van der Waals surface area contributed by atoms with Crippen LogP contribution in [0.5, 0.6) is 0 Å². The number of amides is 1. The maximum Gasteiger partial charge on any atom is 0.243 e. The van der Waals surface area contributed by atoms with Crippen LogP contribution in [-0.4, -0.2) is 41.7 Å². The molecule has 3 heterocycles. The van der Waals surface area contributed by atoms with E-state index in [1.165, 1.54) is 4.31 Å².